The van der Waals surface area contributed by atoms with E-state index in [2.05, 4.69) is 4.98 Å². The Morgan fingerprint density at radius 3 is 2.58 bits per heavy atom. The van der Waals surface area contributed by atoms with Crippen LogP contribution in [0.15, 0.2) is 47.3 Å². The van der Waals surface area contributed by atoms with Gasteiger partial charge in [-0.25, -0.2) is 9.18 Å². The van der Waals surface area contributed by atoms with Gasteiger partial charge in [0.15, 0.2) is 5.82 Å². The molecule has 134 valence electrons. The zero-order chi connectivity index (χ0) is 18.3. The summed E-state index contributed by atoms with van der Waals surface area (Å²) in [7, 11) is 0. The molecule has 0 aliphatic carbocycles. The minimum absolute atomic E-state index is 0.0380. The van der Waals surface area contributed by atoms with Crippen LogP contribution in [0.2, 0.25) is 0 Å². The average molecular weight is 356 g/mol. The smallest absolute Gasteiger partial charge is 0.326 e. The molecular formula is C18H17FN4O3. The summed E-state index contributed by atoms with van der Waals surface area (Å²) in [5, 5.41) is 10.7. The molecule has 3 aromatic rings. The molecule has 1 aliphatic rings. The number of nitrogens with one attached hydrogen (secondary N) is 1. The van der Waals surface area contributed by atoms with Crippen LogP contribution in [0.3, 0.4) is 0 Å². The Morgan fingerprint density at radius 1 is 1.15 bits per heavy atom. The topological polar surface area (TPSA) is 84.2 Å². The van der Waals surface area contributed by atoms with E-state index in [1.807, 2.05) is 29.2 Å². The lowest BCUT2D eigenvalue weighted by molar-refractivity contribution is -0.385. The second kappa shape index (κ2) is 6.29. The molecule has 0 unspecified atom stereocenters. The van der Waals surface area contributed by atoms with Gasteiger partial charge in [-0.1, -0.05) is 12.1 Å². The van der Waals surface area contributed by atoms with Crippen molar-refractivity contribution >= 4 is 22.4 Å². The minimum Gasteiger partial charge on any atom is -0.369 e. The summed E-state index contributed by atoms with van der Waals surface area (Å²) in [5.41, 5.74) is 1.65. The van der Waals surface area contributed by atoms with E-state index in [9.17, 15) is 19.3 Å². The monoisotopic (exact) mass is 356 g/mol. The number of nitro benzene ring substituents is 1. The zero-order valence-corrected chi connectivity index (χ0v) is 13.9. The first-order valence-electron chi connectivity index (χ1n) is 8.43. The number of benzene rings is 2. The van der Waals surface area contributed by atoms with Crippen molar-refractivity contribution in [3.8, 4) is 0 Å². The molecule has 4 rings (SSSR count). The first-order valence-corrected chi connectivity index (χ1v) is 8.43. The van der Waals surface area contributed by atoms with Gasteiger partial charge in [0.05, 0.1) is 27.7 Å². The van der Waals surface area contributed by atoms with Crippen LogP contribution in [0, 0.1) is 15.9 Å². The molecule has 0 atom stereocenters. The predicted molar refractivity (Wildman–Crippen MR) is 96.1 cm³/mol. The summed E-state index contributed by atoms with van der Waals surface area (Å²) < 4.78 is 16.0. The number of imidazole rings is 1. The molecular weight excluding hydrogens is 339 g/mol. The van der Waals surface area contributed by atoms with Gasteiger partial charge in [-0.2, -0.15) is 0 Å². The lowest BCUT2D eigenvalue weighted by Crippen LogP contribution is -2.37. The van der Waals surface area contributed by atoms with Crippen molar-refractivity contribution in [3.05, 3.63) is 68.9 Å². The van der Waals surface area contributed by atoms with Crippen molar-refractivity contribution in [2.45, 2.75) is 18.9 Å². The van der Waals surface area contributed by atoms with Crippen molar-refractivity contribution in [3.63, 3.8) is 0 Å². The van der Waals surface area contributed by atoms with Crippen LogP contribution in [-0.2, 0) is 0 Å². The molecule has 8 heteroatoms. The van der Waals surface area contributed by atoms with Crippen LogP contribution in [0.1, 0.15) is 18.9 Å². The molecule has 1 aromatic heterocycles. The maximum atomic E-state index is 14.2. The number of nitro groups is 1. The number of piperidine rings is 1. The summed E-state index contributed by atoms with van der Waals surface area (Å²) >= 11 is 0. The van der Waals surface area contributed by atoms with Gasteiger partial charge in [0.1, 0.15) is 0 Å². The summed E-state index contributed by atoms with van der Waals surface area (Å²) in [6, 6.07) is 11.3. The first kappa shape index (κ1) is 16.3. The van der Waals surface area contributed by atoms with E-state index < -0.39 is 10.7 Å². The Labute approximate surface area is 147 Å². The Kier molecular flexibility index (Phi) is 3.95. The number of non-ortho nitro benzene ring substituents is 1. The van der Waals surface area contributed by atoms with Gasteiger partial charge in [0.2, 0.25) is 0 Å². The highest BCUT2D eigenvalue weighted by Crippen LogP contribution is 2.30. The van der Waals surface area contributed by atoms with E-state index in [4.69, 9.17) is 0 Å². The van der Waals surface area contributed by atoms with Gasteiger partial charge < -0.3 is 9.88 Å². The van der Waals surface area contributed by atoms with Crippen molar-refractivity contribution in [1.82, 2.24) is 9.55 Å². The van der Waals surface area contributed by atoms with Gasteiger partial charge in [-0.3, -0.25) is 14.7 Å². The molecule has 1 aliphatic heterocycles. The maximum absolute atomic E-state index is 14.2. The van der Waals surface area contributed by atoms with Gasteiger partial charge >= 0.3 is 5.69 Å². The summed E-state index contributed by atoms with van der Waals surface area (Å²) in [6.45, 7) is 1.15. The number of fused-ring (bicyclic) bond motifs is 1. The van der Waals surface area contributed by atoms with E-state index in [1.54, 1.807) is 4.57 Å². The van der Waals surface area contributed by atoms with Crippen molar-refractivity contribution in [2.24, 2.45) is 0 Å². The number of hydrogen-bond acceptors (Lipinski definition) is 4. The molecule has 0 radical (unpaired) electrons. The number of nitrogens with zero attached hydrogens (tertiary/aromatic N) is 3. The number of H-pyrrole nitrogens is 1. The third kappa shape index (κ3) is 2.73. The largest absolute Gasteiger partial charge is 0.369 e. The number of aromatic amines is 1. The fourth-order valence-electron chi connectivity index (χ4n) is 3.67. The Balaban J connectivity index is 1.55. The van der Waals surface area contributed by atoms with Gasteiger partial charge in [-0.05, 0) is 31.0 Å². The average Bonchev–Trinajstić information content (AvgIpc) is 2.97. The number of aromatic nitrogens is 2. The molecule has 0 amide bonds. The van der Waals surface area contributed by atoms with E-state index in [1.165, 1.54) is 12.1 Å². The molecule has 1 saturated heterocycles. The molecule has 1 fully saturated rings. The predicted octanol–water partition coefficient (Wildman–Crippen LogP) is 3.22. The van der Waals surface area contributed by atoms with Crippen LogP contribution in [-0.4, -0.2) is 27.6 Å². The number of anilines is 1. The molecule has 0 saturated carbocycles. The Bertz CT molecular complexity index is 1030. The van der Waals surface area contributed by atoms with E-state index in [-0.39, 0.29) is 17.4 Å². The number of para-hydroxylation sites is 2. The van der Waals surface area contributed by atoms with Crippen LogP contribution in [0.5, 0.6) is 0 Å². The highest BCUT2D eigenvalue weighted by Gasteiger charge is 2.25. The van der Waals surface area contributed by atoms with E-state index in [0.29, 0.717) is 31.6 Å². The lowest BCUT2D eigenvalue weighted by atomic mass is 10.0. The fourth-order valence-corrected chi connectivity index (χ4v) is 3.67. The quantitative estimate of drug-likeness (QED) is 0.577. The van der Waals surface area contributed by atoms with Crippen molar-refractivity contribution in [1.29, 1.82) is 0 Å². The SMILES string of the molecule is O=c1[nH]c2ccccc2n1C1CCN(c2ccc([N+](=O)[O-])cc2F)CC1. The summed E-state index contributed by atoms with van der Waals surface area (Å²) in [4.78, 5) is 27.2. The third-order valence-corrected chi connectivity index (χ3v) is 4.94. The number of hydrogen-bond donors (Lipinski definition) is 1. The standard InChI is InChI=1S/C18H17FN4O3/c19-14-11-13(23(25)26)5-6-16(14)21-9-7-12(8-10-21)22-17-4-2-1-3-15(17)20-18(22)24/h1-6,11-12H,7-10H2,(H,20,24). The molecule has 1 N–H and O–H groups in total. The fraction of sp³-hybridized carbons (Fsp3) is 0.278. The van der Waals surface area contributed by atoms with E-state index >= 15 is 0 Å². The van der Waals surface area contributed by atoms with Crippen LogP contribution in [0.25, 0.3) is 11.0 Å². The molecule has 0 spiro atoms. The maximum Gasteiger partial charge on any atom is 0.326 e. The summed E-state index contributed by atoms with van der Waals surface area (Å²) in [5.74, 6) is -0.595. The molecule has 2 heterocycles. The zero-order valence-electron chi connectivity index (χ0n) is 13.9. The van der Waals surface area contributed by atoms with Gasteiger partial charge in [0.25, 0.3) is 5.69 Å². The van der Waals surface area contributed by atoms with Gasteiger partial charge in [-0.15, -0.1) is 0 Å². The van der Waals surface area contributed by atoms with Gasteiger partial charge in [0, 0.05) is 25.2 Å². The van der Waals surface area contributed by atoms with Crippen molar-refractivity contribution < 1.29 is 9.31 Å². The third-order valence-electron chi connectivity index (χ3n) is 4.94. The lowest BCUT2D eigenvalue weighted by Gasteiger charge is -2.34. The number of rotatable bonds is 3. The minimum atomic E-state index is -0.609. The molecule has 26 heavy (non-hydrogen) atoms. The molecule has 7 nitrogen and oxygen atoms in total. The highest BCUT2D eigenvalue weighted by molar-refractivity contribution is 5.75. The second-order valence-corrected chi connectivity index (χ2v) is 6.43. The number of halogens is 1. The normalized spacial score (nSPS) is 15.5. The second-order valence-electron chi connectivity index (χ2n) is 6.43. The van der Waals surface area contributed by atoms with Crippen LogP contribution in [0.4, 0.5) is 15.8 Å². The summed E-state index contributed by atoms with van der Waals surface area (Å²) in [6.07, 6.45) is 1.39. The first-order chi connectivity index (χ1) is 12.5. The molecule has 0 bridgehead atoms. The molecule has 2 aromatic carbocycles. The van der Waals surface area contributed by atoms with Crippen LogP contribution >= 0.6 is 0 Å². The highest BCUT2D eigenvalue weighted by atomic mass is 19.1. The van der Waals surface area contributed by atoms with Crippen molar-refractivity contribution in [2.75, 3.05) is 18.0 Å². The van der Waals surface area contributed by atoms with E-state index in [0.717, 1.165) is 17.1 Å². The Morgan fingerprint density at radius 2 is 1.88 bits per heavy atom. The Hall–Kier alpha value is -3.16. The van der Waals surface area contributed by atoms with Crippen LogP contribution < -0.4 is 10.6 Å².